The highest BCUT2D eigenvalue weighted by molar-refractivity contribution is 6.83. The molecule has 0 radical (unpaired) electrons. The average Bonchev–Trinajstić information content (AvgIpc) is 3.31. The second kappa shape index (κ2) is 13.3. The maximum atomic E-state index is 13.4. The molecule has 2 amide bonds. The summed E-state index contributed by atoms with van der Waals surface area (Å²) in [6.07, 6.45) is -0.738. The molecular weight excluding hydrogens is 591 g/mol. The molecule has 3 aromatic carbocycles. The van der Waals surface area contributed by atoms with Gasteiger partial charge in [0.25, 0.3) is 0 Å². The van der Waals surface area contributed by atoms with E-state index < -0.39 is 19.8 Å². The summed E-state index contributed by atoms with van der Waals surface area (Å²) in [7, 11) is -1.64. The number of fused-ring (bicyclic) bond motifs is 3. The van der Waals surface area contributed by atoms with Crippen molar-refractivity contribution < 1.29 is 19.1 Å². The van der Waals surface area contributed by atoms with Crippen LogP contribution in [0.4, 0.5) is 15.3 Å². The number of hydrogen-bond donors (Lipinski definition) is 1. The van der Waals surface area contributed by atoms with Crippen molar-refractivity contribution in [2.45, 2.75) is 72.3 Å². The van der Waals surface area contributed by atoms with Crippen LogP contribution < -0.4 is 5.32 Å². The van der Waals surface area contributed by atoms with Gasteiger partial charge in [0.2, 0.25) is 0 Å². The van der Waals surface area contributed by atoms with E-state index in [1.54, 1.807) is 4.90 Å². The third-order valence-electron chi connectivity index (χ3n) is 8.52. The summed E-state index contributed by atoms with van der Waals surface area (Å²) in [5, 5.41) is 3.10. The Hall–Kier alpha value is -4.06. The van der Waals surface area contributed by atoms with Crippen molar-refractivity contribution in [3.63, 3.8) is 0 Å². The minimum Gasteiger partial charge on any atom is -0.448 e. The maximum absolute atomic E-state index is 13.4. The Kier molecular flexibility index (Phi) is 9.66. The first-order valence-electron chi connectivity index (χ1n) is 16.2. The van der Waals surface area contributed by atoms with Gasteiger partial charge in [-0.3, -0.25) is 10.2 Å². The number of nitrogens with zero attached hydrogens (tertiary/aromatic N) is 2. The second-order valence-corrected chi connectivity index (χ2v) is 19.2. The first-order chi connectivity index (χ1) is 21.7. The summed E-state index contributed by atoms with van der Waals surface area (Å²) < 4.78 is 11.5. The number of nitrogens with one attached hydrogen (secondary N) is 1. The number of piperazine rings is 1. The van der Waals surface area contributed by atoms with Crippen molar-refractivity contribution in [2.75, 3.05) is 38.1 Å². The molecular formula is C38H47N3O4Si. The second-order valence-electron chi connectivity index (χ2n) is 14.4. The monoisotopic (exact) mass is 637 g/mol. The Labute approximate surface area is 275 Å². The molecule has 1 N–H and O–H groups in total. The van der Waals surface area contributed by atoms with Gasteiger partial charge < -0.3 is 14.4 Å². The van der Waals surface area contributed by atoms with Gasteiger partial charge in [0, 0.05) is 44.2 Å². The molecule has 46 heavy (non-hydrogen) atoms. The lowest BCUT2D eigenvalue weighted by Crippen LogP contribution is -2.49. The van der Waals surface area contributed by atoms with E-state index in [9.17, 15) is 9.59 Å². The predicted molar refractivity (Wildman–Crippen MR) is 188 cm³/mol. The smallest absolute Gasteiger partial charge is 0.411 e. The summed E-state index contributed by atoms with van der Waals surface area (Å²) in [6.45, 7) is 20.0. The molecule has 0 saturated carbocycles. The lowest BCUT2D eigenvalue weighted by molar-refractivity contribution is 0.0139. The van der Waals surface area contributed by atoms with Gasteiger partial charge in [0.15, 0.2) is 0 Å². The Morgan fingerprint density at radius 1 is 0.913 bits per heavy atom. The van der Waals surface area contributed by atoms with E-state index in [2.05, 4.69) is 71.7 Å². The molecule has 1 aliphatic carbocycles. The summed E-state index contributed by atoms with van der Waals surface area (Å²) in [6, 6.07) is 18.8. The van der Waals surface area contributed by atoms with Crippen molar-refractivity contribution in [3.05, 3.63) is 88.0 Å². The maximum Gasteiger partial charge on any atom is 0.411 e. The predicted octanol–water partition coefficient (Wildman–Crippen LogP) is 7.95. The fourth-order valence-electron chi connectivity index (χ4n) is 6.10. The fraction of sp³-hybridized carbons (Fsp3) is 0.421. The van der Waals surface area contributed by atoms with E-state index in [1.165, 1.54) is 22.3 Å². The van der Waals surface area contributed by atoms with Crippen molar-refractivity contribution in [3.8, 4) is 22.6 Å². The van der Waals surface area contributed by atoms with E-state index in [0.29, 0.717) is 19.6 Å². The topological polar surface area (TPSA) is 71.1 Å². The first-order valence-corrected chi connectivity index (χ1v) is 19.7. The van der Waals surface area contributed by atoms with Crippen molar-refractivity contribution in [2.24, 2.45) is 0 Å². The van der Waals surface area contributed by atoms with Gasteiger partial charge in [-0.25, -0.2) is 9.59 Å². The molecule has 5 rings (SSSR count). The van der Waals surface area contributed by atoms with Crippen LogP contribution >= 0.6 is 0 Å². The molecule has 0 unspecified atom stereocenters. The number of anilines is 1. The zero-order valence-corrected chi connectivity index (χ0v) is 29.5. The van der Waals surface area contributed by atoms with E-state index >= 15 is 0 Å². The van der Waals surface area contributed by atoms with Crippen molar-refractivity contribution in [1.82, 2.24) is 9.80 Å². The Morgan fingerprint density at radius 2 is 1.50 bits per heavy atom. The molecule has 7 nitrogen and oxygen atoms in total. The van der Waals surface area contributed by atoms with Crippen LogP contribution in [0, 0.1) is 25.3 Å². The number of hydrogen-bond acceptors (Lipinski definition) is 5. The van der Waals surface area contributed by atoms with Gasteiger partial charge in [-0.1, -0.05) is 74.1 Å². The molecule has 3 aromatic rings. The minimum atomic E-state index is -1.64. The summed E-state index contributed by atoms with van der Waals surface area (Å²) >= 11 is 0. The highest BCUT2D eigenvalue weighted by Gasteiger charge is 2.30. The van der Waals surface area contributed by atoms with E-state index in [-0.39, 0.29) is 18.6 Å². The largest absolute Gasteiger partial charge is 0.448 e. The zero-order valence-electron chi connectivity index (χ0n) is 28.5. The molecule has 0 atom stereocenters. The summed E-state index contributed by atoms with van der Waals surface area (Å²) in [5.74, 6) is 3.44. The van der Waals surface area contributed by atoms with Crippen LogP contribution in [0.3, 0.4) is 0 Å². The van der Waals surface area contributed by atoms with Crippen LogP contribution in [0.25, 0.3) is 11.1 Å². The van der Waals surface area contributed by atoms with Gasteiger partial charge >= 0.3 is 12.2 Å². The molecule has 0 aromatic heterocycles. The molecule has 2 aliphatic rings. The number of carbonyl (C=O) groups is 2. The SMILES string of the molecule is Cc1c(C#C[Si](C)(C)C)cc(CN2CCN(C(=O)OC(C)(C)C)CC2)c(C)c1NC(=O)OCC1c2ccccc2-c2ccccc21. The number of ether oxygens (including phenoxy) is 2. The molecule has 0 spiro atoms. The highest BCUT2D eigenvalue weighted by atomic mass is 28.3. The van der Waals surface area contributed by atoms with Gasteiger partial charge in [0.05, 0.1) is 5.69 Å². The number of carbonyl (C=O) groups excluding carboxylic acids is 2. The first kappa shape index (κ1) is 33.3. The van der Waals surface area contributed by atoms with Gasteiger partial charge in [-0.05, 0) is 79.6 Å². The summed E-state index contributed by atoms with van der Waals surface area (Å²) in [5.41, 5.74) is 12.5. The van der Waals surface area contributed by atoms with Gasteiger partial charge in [-0.2, -0.15) is 0 Å². The lowest BCUT2D eigenvalue weighted by atomic mass is 9.96. The highest BCUT2D eigenvalue weighted by Crippen LogP contribution is 2.44. The molecule has 0 bridgehead atoms. The van der Waals surface area contributed by atoms with Crippen LogP contribution in [0.2, 0.25) is 19.6 Å². The number of rotatable bonds is 5. The van der Waals surface area contributed by atoms with Gasteiger partial charge in [0.1, 0.15) is 20.3 Å². The fourth-order valence-corrected chi connectivity index (χ4v) is 6.61. The van der Waals surface area contributed by atoms with E-state index in [4.69, 9.17) is 9.47 Å². The number of benzene rings is 3. The molecule has 1 aliphatic heterocycles. The molecule has 1 fully saturated rings. The molecule has 1 saturated heterocycles. The third-order valence-corrected chi connectivity index (χ3v) is 9.39. The van der Waals surface area contributed by atoms with Crippen LogP contribution in [0.1, 0.15) is 60.1 Å². The van der Waals surface area contributed by atoms with E-state index in [0.717, 1.165) is 41.0 Å². The third kappa shape index (κ3) is 7.83. The molecule has 1 heterocycles. The standard InChI is InChI=1S/C38H47N3O4Si/c1-26-28(17-22-46(6,7)8)23-29(24-40-18-20-41(21-19-40)37(43)45-38(3,4)5)27(2)35(26)39-36(42)44-25-34-32-15-11-9-13-30(32)31-14-10-12-16-33(31)34/h9-16,23,34H,18-21,24-25H2,1-8H3,(H,39,42). The van der Waals surface area contributed by atoms with Crippen molar-refractivity contribution >= 4 is 25.9 Å². The van der Waals surface area contributed by atoms with Crippen LogP contribution in [0.15, 0.2) is 54.6 Å². The normalized spacial score (nSPS) is 15.0. The van der Waals surface area contributed by atoms with E-state index in [1.807, 2.05) is 58.9 Å². The Morgan fingerprint density at radius 3 is 2.07 bits per heavy atom. The van der Waals surface area contributed by atoms with Gasteiger partial charge in [-0.15, -0.1) is 5.54 Å². The Balaban J connectivity index is 1.33. The molecule has 8 heteroatoms. The van der Waals surface area contributed by atoms with Crippen LogP contribution in [0.5, 0.6) is 0 Å². The van der Waals surface area contributed by atoms with Crippen molar-refractivity contribution in [1.29, 1.82) is 0 Å². The lowest BCUT2D eigenvalue weighted by Gasteiger charge is -2.36. The number of amides is 2. The quantitative estimate of drug-likeness (QED) is 0.227. The average molecular weight is 638 g/mol. The summed E-state index contributed by atoms with van der Waals surface area (Å²) in [4.78, 5) is 30.1. The zero-order chi connectivity index (χ0) is 33.2. The molecule has 242 valence electrons. The minimum absolute atomic E-state index is 0.0100. The van der Waals surface area contributed by atoms with Crippen LogP contribution in [-0.4, -0.2) is 68.4 Å². The van der Waals surface area contributed by atoms with Crippen LogP contribution in [-0.2, 0) is 16.0 Å². The Bertz CT molecular complexity index is 1640.